The van der Waals surface area contributed by atoms with Crippen LogP contribution < -0.4 is 0 Å². The minimum absolute atomic E-state index is 0.432. The summed E-state index contributed by atoms with van der Waals surface area (Å²) in [6.45, 7) is 0.432. The molecule has 82 valence electrons. The number of nitrogens with zero attached hydrogens (tertiary/aromatic N) is 3. The second-order valence-electron chi connectivity index (χ2n) is 3.04. The van der Waals surface area contributed by atoms with Gasteiger partial charge in [-0.05, 0) is 29.6 Å². The van der Waals surface area contributed by atoms with E-state index in [1.54, 1.807) is 12.1 Å². The highest BCUT2D eigenvalue weighted by Gasteiger charge is 1.98. The fourth-order valence-corrected chi connectivity index (χ4v) is 1.31. The molecule has 0 aromatic heterocycles. The average molecular weight is 236 g/mol. The Hall–Kier alpha value is -1.77. The minimum atomic E-state index is 0.432. The van der Waals surface area contributed by atoms with Crippen molar-refractivity contribution in [3.8, 4) is 0 Å². The van der Waals surface area contributed by atoms with Crippen LogP contribution in [0, 0.1) is 0 Å². The van der Waals surface area contributed by atoms with Gasteiger partial charge in [-0.3, -0.25) is 4.79 Å². The Bertz CT molecular complexity index is 451. The Morgan fingerprint density at radius 2 is 2.31 bits per heavy atom. The Morgan fingerprint density at radius 3 is 3.00 bits per heavy atom. The third-order valence-corrected chi connectivity index (χ3v) is 2.26. The van der Waals surface area contributed by atoms with E-state index in [1.807, 2.05) is 18.2 Å². The Morgan fingerprint density at radius 1 is 1.50 bits per heavy atom. The number of hydrogen-bond donors (Lipinski definition) is 0. The van der Waals surface area contributed by atoms with Gasteiger partial charge in [0.2, 0.25) is 0 Å². The van der Waals surface area contributed by atoms with Gasteiger partial charge in [-0.25, -0.2) is 0 Å². The molecule has 0 N–H and O–H groups in total. The van der Waals surface area contributed by atoms with E-state index in [9.17, 15) is 4.79 Å². The molecule has 0 heterocycles. The van der Waals surface area contributed by atoms with Crippen LogP contribution in [0.15, 0.2) is 29.4 Å². The molecule has 0 bridgehead atoms. The first kappa shape index (κ1) is 12.3. The molecule has 4 nitrogen and oxygen atoms in total. The van der Waals surface area contributed by atoms with Crippen molar-refractivity contribution in [1.29, 1.82) is 0 Å². The Labute approximate surface area is 98.2 Å². The minimum Gasteiger partial charge on any atom is -0.298 e. The Balaban J connectivity index is 2.66. The van der Waals surface area contributed by atoms with E-state index >= 15 is 0 Å². The summed E-state index contributed by atoms with van der Waals surface area (Å²) in [4.78, 5) is 13.3. The van der Waals surface area contributed by atoms with Crippen LogP contribution in [0.25, 0.3) is 16.5 Å². The smallest absolute Gasteiger partial charge is 0.151 e. The molecular formula is C11H10ClN3O. The third kappa shape index (κ3) is 3.77. The highest BCUT2D eigenvalue weighted by Crippen LogP contribution is 2.16. The second-order valence-corrected chi connectivity index (χ2v) is 3.45. The summed E-state index contributed by atoms with van der Waals surface area (Å²) in [5.41, 5.74) is 9.43. The summed E-state index contributed by atoms with van der Waals surface area (Å²) in [7, 11) is 0. The fourth-order valence-electron chi connectivity index (χ4n) is 1.15. The van der Waals surface area contributed by atoms with Gasteiger partial charge in [0.1, 0.15) is 0 Å². The SMILES string of the molecule is [N-]=[N+]=NCCC=Cc1ccc(Cl)c(C=O)c1. The van der Waals surface area contributed by atoms with Gasteiger partial charge >= 0.3 is 0 Å². The van der Waals surface area contributed by atoms with Gasteiger partial charge in [-0.2, -0.15) is 0 Å². The van der Waals surface area contributed by atoms with Crippen LogP contribution in [0.4, 0.5) is 0 Å². The molecular weight excluding hydrogens is 226 g/mol. The molecule has 0 saturated heterocycles. The largest absolute Gasteiger partial charge is 0.298 e. The van der Waals surface area contributed by atoms with Crippen molar-refractivity contribution in [2.45, 2.75) is 6.42 Å². The van der Waals surface area contributed by atoms with Crippen molar-refractivity contribution in [2.24, 2.45) is 5.11 Å². The van der Waals surface area contributed by atoms with Crippen LogP contribution in [0.5, 0.6) is 0 Å². The summed E-state index contributed by atoms with van der Waals surface area (Å²) in [6.07, 6.45) is 5.13. The van der Waals surface area contributed by atoms with E-state index in [1.165, 1.54) is 0 Å². The van der Waals surface area contributed by atoms with Gasteiger partial charge in [0.25, 0.3) is 0 Å². The molecule has 0 saturated carbocycles. The molecule has 5 heteroatoms. The van der Waals surface area contributed by atoms with Crippen LogP contribution in [0.3, 0.4) is 0 Å². The van der Waals surface area contributed by atoms with Crippen LogP contribution in [-0.2, 0) is 0 Å². The average Bonchev–Trinajstić information content (AvgIpc) is 2.31. The summed E-state index contributed by atoms with van der Waals surface area (Å²) < 4.78 is 0. The molecule has 1 rings (SSSR count). The van der Waals surface area contributed by atoms with Gasteiger partial charge in [-0.15, -0.1) is 0 Å². The van der Waals surface area contributed by atoms with Crippen molar-refractivity contribution >= 4 is 24.0 Å². The normalized spacial score (nSPS) is 10.1. The lowest BCUT2D eigenvalue weighted by Crippen LogP contribution is -1.83. The maximum Gasteiger partial charge on any atom is 0.151 e. The van der Waals surface area contributed by atoms with Crippen LogP contribution in [0.1, 0.15) is 22.3 Å². The lowest BCUT2D eigenvalue weighted by molar-refractivity contribution is 0.112. The summed E-state index contributed by atoms with van der Waals surface area (Å²) in [6, 6.07) is 5.21. The van der Waals surface area contributed by atoms with E-state index in [2.05, 4.69) is 10.0 Å². The molecule has 0 aliphatic carbocycles. The van der Waals surface area contributed by atoms with Gasteiger partial charge in [0, 0.05) is 17.0 Å². The highest BCUT2D eigenvalue weighted by atomic mass is 35.5. The quantitative estimate of drug-likeness (QED) is 0.251. The monoisotopic (exact) mass is 235 g/mol. The van der Waals surface area contributed by atoms with Gasteiger partial charge < -0.3 is 0 Å². The lowest BCUT2D eigenvalue weighted by Gasteiger charge is -1.97. The standard InChI is InChI=1S/C11H10ClN3O/c12-11-5-4-9(7-10(11)8-16)3-1-2-6-14-15-13/h1,3-5,7-8H,2,6H2. The van der Waals surface area contributed by atoms with E-state index in [4.69, 9.17) is 17.1 Å². The lowest BCUT2D eigenvalue weighted by atomic mass is 10.1. The zero-order chi connectivity index (χ0) is 11.8. The number of halogens is 1. The van der Waals surface area contributed by atoms with E-state index < -0.39 is 0 Å². The maximum atomic E-state index is 10.6. The van der Waals surface area contributed by atoms with Crippen molar-refractivity contribution in [1.82, 2.24) is 0 Å². The van der Waals surface area contributed by atoms with E-state index in [0.717, 1.165) is 11.8 Å². The van der Waals surface area contributed by atoms with Gasteiger partial charge in [0.15, 0.2) is 6.29 Å². The number of aldehydes is 1. The summed E-state index contributed by atoms with van der Waals surface area (Å²) in [5, 5.41) is 3.85. The summed E-state index contributed by atoms with van der Waals surface area (Å²) >= 11 is 5.79. The molecule has 0 fully saturated rings. The molecule has 0 amide bonds. The number of azide groups is 1. The third-order valence-electron chi connectivity index (χ3n) is 1.92. The molecule has 1 aromatic carbocycles. The van der Waals surface area contributed by atoms with Gasteiger partial charge in [-0.1, -0.05) is 34.9 Å². The van der Waals surface area contributed by atoms with Crippen molar-refractivity contribution in [3.05, 3.63) is 50.9 Å². The first-order valence-corrected chi connectivity index (χ1v) is 5.08. The van der Waals surface area contributed by atoms with Crippen molar-refractivity contribution in [3.63, 3.8) is 0 Å². The van der Waals surface area contributed by atoms with Crippen molar-refractivity contribution in [2.75, 3.05) is 6.54 Å². The number of benzene rings is 1. The van der Waals surface area contributed by atoms with Crippen molar-refractivity contribution < 1.29 is 4.79 Å². The van der Waals surface area contributed by atoms with Gasteiger partial charge in [0.05, 0.1) is 5.02 Å². The molecule has 0 atom stereocenters. The highest BCUT2D eigenvalue weighted by molar-refractivity contribution is 6.33. The number of hydrogen-bond acceptors (Lipinski definition) is 2. The van der Waals surface area contributed by atoms with Crippen LogP contribution in [0.2, 0.25) is 5.02 Å². The molecule has 0 radical (unpaired) electrons. The first-order valence-electron chi connectivity index (χ1n) is 4.70. The summed E-state index contributed by atoms with van der Waals surface area (Å²) in [5.74, 6) is 0. The van der Waals surface area contributed by atoms with Crippen LogP contribution in [-0.4, -0.2) is 12.8 Å². The van der Waals surface area contributed by atoms with E-state index in [0.29, 0.717) is 23.6 Å². The topological polar surface area (TPSA) is 65.8 Å². The number of rotatable bonds is 5. The fraction of sp³-hybridized carbons (Fsp3) is 0.182. The number of carbonyl (C=O) groups is 1. The zero-order valence-corrected chi connectivity index (χ0v) is 9.26. The van der Waals surface area contributed by atoms with E-state index in [-0.39, 0.29) is 0 Å². The Kier molecular flexibility index (Phi) is 5.12. The molecule has 0 unspecified atom stereocenters. The van der Waals surface area contributed by atoms with Crippen LogP contribution >= 0.6 is 11.6 Å². The zero-order valence-electron chi connectivity index (χ0n) is 8.51. The molecule has 0 aliphatic rings. The first-order chi connectivity index (χ1) is 7.77. The molecule has 0 spiro atoms. The predicted molar refractivity (Wildman–Crippen MR) is 64.5 cm³/mol. The molecule has 0 aliphatic heterocycles. The second kappa shape index (κ2) is 6.67. The molecule has 1 aromatic rings. The maximum absolute atomic E-state index is 10.6. The predicted octanol–water partition coefficient (Wildman–Crippen LogP) is 3.87. The number of carbonyl (C=O) groups excluding carboxylic acids is 1. The molecule has 16 heavy (non-hydrogen) atoms.